The summed E-state index contributed by atoms with van der Waals surface area (Å²) >= 11 is 0. The highest BCUT2D eigenvalue weighted by Crippen LogP contribution is 2.32. The second kappa shape index (κ2) is 8.30. The summed E-state index contributed by atoms with van der Waals surface area (Å²) in [6.07, 6.45) is 2.61. The molecule has 1 amide bonds. The van der Waals surface area contributed by atoms with Crippen molar-refractivity contribution in [2.24, 2.45) is 0 Å². The van der Waals surface area contributed by atoms with Gasteiger partial charge in [-0.25, -0.2) is 9.97 Å². The Kier molecular flexibility index (Phi) is 5.41. The number of amides is 1. The first kappa shape index (κ1) is 18.9. The van der Waals surface area contributed by atoms with Gasteiger partial charge >= 0.3 is 0 Å². The molecular weight excluding hydrogens is 370 g/mol. The monoisotopic (exact) mass is 393 g/mol. The highest BCUT2D eigenvalue weighted by atomic mass is 16.5. The topological polar surface area (TPSA) is 91.2 Å². The molecule has 4 rings (SSSR count). The van der Waals surface area contributed by atoms with E-state index in [2.05, 4.69) is 27.3 Å². The molecule has 1 aliphatic heterocycles. The molecule has 0 saturated heterocycles. The van der Waals surface area contributed by atoms with Gasteiger partial charge in [-0.3, -0.25) is 9.48 Å². The first-order chi connectivity index (χ1) is 14.2. The van der Waals surface area contributed by atoms with Crippen LogP contribution < -0.4 is 14.8 Å². The highest BCUT2D eigenvalue weighted by Gasteiger charge is 2.20. The molecule has 8 heteroatoms. The maximum atomic E-state index is 12.0. The summed E-state index contributed by atoms with van der Waals surface area (Å²) < 4.78 is 13.2. The minimum Gasteiger partial charge on any atom is -0.490 e. The summed E-state index contributed by atoms with van der Waals surface area (Å²) in [5.41, 5.74) is 2.67. The van der Waals surface area contributed by atoms with Crippen LogP contribution in [0.1, 0.15) is 30.8 Å². The second-order valence-corrected chi connectivity index (χ2v) is 6.60. The van der Waals surface area contributed by atoms with Crippen molar-refractivity contribution in [3.05, 3.63) is 42.2 Å². The van der Waals surface area contributed by atoms with Gasteiger partial charge in [0.2, 0.25) is 0 Å². The first-order valence-corrected chi connectivity index (χ1v) is 9.79. The van der Waals surface area contributed by atoms with Crippen molar-refractivity contribution in [2.75, 3.05) is 19.8 Å². The maximum Gasteiger partial charge on any atom is 0.269 e. The molecule has 0 aliphatic carbocycles. The molecule has 1 aromatic carbocycles. The van der Waals surface area contributed by atoms with Crippen molar-refractivity contribution >= 4 is 5.91 Å². The molecule has 0 saturated carbocycles. The number of nitrogens with one attached hydrogen (secondary N) is 1. The summed E-state index contributed by atoms with van der Waals surface area (Å²) in [5.74, 6) is 1.82. The van der Waals surface area contributed by atoms with Crippen LogP contribution in [0.25, 0.3) is 22.8 Å². The fraction of sp³-hybridized carbons (Fsp3) is 0.333. The molecule has 29 heavy (non-hydrogen) atoms. The van der Waals surface area contributed by atoms with Crippen molar-refractivity contribution in [3.8, 4) is 34.3 Å². The summed E-state index contributed by atoms with van der Waals surface area (Å²) in [7, 11) is 0. The predicted molar refractivity (Wildman–Crippen MR) is 108 cm³/mol. The molecule has 0 unspecified atom stereocenters. The van der Waals surface area contributed by atoms with Gasteiger partial charge in [-0.05, 0) is 43.7 Å². The number of hydrogen-bond acceptors (Lipinski definition) is 6. The third-order valence-electron chi connectivity index (χ3n) is 4.50. The lowest BCUT2D eigenvalue weighted by Gasteiger charge is -2.13. The van der Waals surface area contributed by atoms with Crippen LogP contribution in [0, 0.1) is 0 Å². The second-order valence-electron chi connectivity index (χ2n) is 6.60. The minimum absolute atomic E-state index is 0.117. The Hall–Kier alpha value is -3.42. The Bertz CT molecular complexity index is 1030. The molecule has 3 aromatic rings. The SMILES string of the molecule is CCCOc1ccc(-c2nccc(-c3cc4n(n3)CCNC4=O)n2)cc1OCC. The van der Waals surface area contributed by atoms with Crippen LogP contribution in [-0.2, 0) is 6.54 Å². The van der Waals surface area contributed by atoms with Crippen LogP contribution in [0.2, 0.25) is 0 Å². The molecule has 0 bridgehead atoms. The van der Waals surface area contributed by atoms with Gasteiger partial charge in [-0.15, -0.1) is 0 Å². The molecule has 1 N–H and O–H groups in total. The van der Waals surface area contributed by atoms with E-state index in [1.807, 2.05) is 25.1 Å². The molecule has 1 aliphatic rings. The van der Waals surface area contributed by atoms with Crippen LogP contribution in [0.4, 0.5) is 0 Å². The zero-order chi connectivity index (χ0) is 20.2. The van der Waals surface area contributed by atoms with E-state index in [9.17, 15) is 4.79 Å². The number of nitrogens with zero attached hydrogens (tertiary/aromatic N) is 4. The van der Waals surface area contributed by atoms with Gasteiger partial charge in [0.25, 0.3) is 5.91 Å². The summed E-state index contributed by atoms with van der Waals surface area (Å²) in [4.78, 5) is 21.1. The summed E-state index contributed by atoms with van der Waals surface area (Å²) in [6, 6.07) is 9.23. The van der Waals surface area contributed by atoms with Crippen LogP contribution in [0.3, 0.4) is 0 Å². The van der Waals surface area contributed by atoms with Gasteiger partial charge in [0.05, 0.1) is 25.5 Å². The zero-order valence-electron chi connectivity index (χ0n) is 16.5. The fourth-order valence-corrected chi connectivity index (χ4v) is 3.15. The van der Waals surface area contributed by atoms with Gasteiger partial charge in [0, 0.05) is 18.3 Å². The fourth-order valence-electron chi connectivity index (χ4n) is 3.15. The lowest BCUT2D eigenvalue weighted by atomic mass is 10.1. The number of fused-ring (bicyclic) bond motifs is 1. The van der Waals surface area contributed by atoms with Crippen LogP contribution in [0.5, 0.6) is 11.5 Å². The Morgan fingerprint density at radius 1 is 1.10 bits per heavy atom. The van der Waals surface area contributed by atoms with E-state index in [4.69, 9.17) is 9.47 Å². The van der Waals surface area contributed by atoms with Crippen LogP contribution >= 0.6 is 0 Å². The largest absolute Gasteiger partial charge is 0.490 e. The quantitative estimate of drug-likeness (QED) is 0.664. The number of aromatic nitrogens is 4. The Morgan fingerprint density at radius 3 is 2.79 bits per heavy atom. The smallest absolute Gasteiger partial charge is 0.269 e. The number of ether oxygens (including phenoxy) is 2. The van der Waals surface area contributed by atoms with Crippen molar-refractivity contribution in [3.63, 3.8) is 0 Å². The Morgan fingerprint density at radius 2 is 2.00 bits per heavy atom. The number of benzene rings is 1. The van der Waals surface area contributed by atoms with E-state index in [1.54, 1.807) is 23.0 Å². The van der Waals surface area contributed by atoms with Crippen molar-refractivity contribution in [1.82, 2.24) is 25.1 Å². The van der Waals surface area contributed by atoms with Gasteiger partial charge in [0.1, 0.15) is 11.4 Å². The Labute approximate surface area is 168 Å². The summed E-state index contributed by atoms with van der Waals surface area (Å²) in [6.45, 7) is 6.39. The molecule has 3 heterocycles. The standard InChI is InChI=1S/C21H23N5O3/c1-3-11-29-18-6-5-14(12-19(18)28-4-2)20-22-8-7-15(24-20)16-13-17-21(27)23-9-10-26(17)25-16/h5-8,12-13H,3-4,9-11H2,1-2H3,(H,23,27). The zero-order valence-corrected chi connectivity index (χ0v) is 16.5. The van der Waals surface area contributed by atoms with Gasteiger partial charge in [-0.1, -0.05) is 6.92 Å². The molecule has 150 valence electrons. The Balaban J connectivity index is 1.67. The number of hydrogen-bond donors (Lipinski definition) is 1. The summed E-state index contributed by atoms with van der Waals surface area (Å²) in [5, 5.41) is 7.34. The van der Waals surface area contributed by atoms with Crippen molar-refractivity contribution in [1.29, 1.82) is 0 Å². The van der Waals surface area contributed by atoms with E-state index < -0.39 is 0 Å². The molecule has 2 aromatic heterocycles. The van der Waals surface area contributed by atoms with Crippen LogP contribution in [0.15, 0.2) is 36.5 Å². The maximum absolute atomic E-state index is 12.0. The highest BCUT2D eigenvalue weighted by molar-refractivity contribution is 5.94. The predicted octanol–water partition coefficient (Wildman–Crippen LogP) is 2.94. The molecule has 0 atom stereocenters. The van der Waals surface area contributed by atoms with Crippen molar-refractivity contribution in [2.45, 2.75) is 26.8 Å². The van der Waals surface area contributed by atoms with Gasteiger partial charge < -0.3 is 14.8 Å². The van der Waals surface area contributed by atoms with Gasteiger partial charge in [-0.2, -0.15) is 5.10 Å². The average molecular weight is 393 g/mol. The van der Waals surface area contributed by atoms with E-state index >= 15 is 0 Å². The number of carbonyl (C=O) groups is 1. The number of rotatable bonds is 7. The third-order valence-corrected chi connectivity index (χ3v) is 4.50. The van der Waals surface area contributed by atoms with Crippen LogP contribution in [-0.4, -0.2) is 45.4 Å². The molecule has 0 fully saturated rings. The van der Waals surface area contributed by atoms with Gasteiger partial charge in [0.15, 0.2) is 17.3 Å². The lowest BCUT2D eigenvalue weighted by molar-refractivity contribution is 0.0924. The van der Waals surface area contributed by atoms with E-state index in [0.717, 1.165) is 12.0 Å². The molecular formula is C21H23N5O3. The average Bonchev–Trinajstić information content (AvgIpc) is 3.19. The number of carbonyl (C=O) groups excluding carboxylic acids is 1. The minimum atomic E-state index is -0.117. The van der Waals surface area contributed by atoms with Crippen molar-refractivity contribution < 1.29 is 14.3 Å². The molecule has 0 radical (unpaired) electrons. The molecule has 0 spiro atoms. The lowest BCUT2D eigenvalue weighted by Crippen LogP contribution is -2.35. The van der Waals surface area contributed by atoms with E-state index in [0.29, 0.717) is 60.7 Å². The molecule has 8 nitrogen and oxygen atoms in total. The first-order valence-electron chi connectivity index (χ1n) is 9.79. The normalized spacial score (nSPS) is 13.0. The van der Waals surface area contributed by atoms with E-state index in [1.165, 1.54) is 0 Å². The van der Waals surface area contributed by atoms with E-state index in [-0.39, 0.29) is 5.91 Å². The third kappa shape index (κ3) is 3.91.